The van der Waals surface area contributed by atoms with Crippen molar-refractivity contribution in [1.29, 1.82) is 0 Å². The Hall–Kier alpha value is -1.13. The number of rotatable bonds is 3. The van der Waals surface area contributed by atoms with Gasteiger partial charge in [-0.2, -0.15) is 0 Å². The number of nitrogens with zero attached hydrogens (tertiary/aromatic N) is 1. The van der Waals surface area contributed by atoms with Gasteiger partial charge in [-0.15, -0.1) is 0 Å². The molecule has 1 atom stereocenters. The highest BCUT2D eigenvalue weighted by Gasteiger charge is 2.47. The summed E-state index contributed by atoms with van der Waals surface area (Å²) in [6, 6.07) is 10.4. The van der Waals surface area contributed by atoms with Gasteiger partial charge in [0.2, 0.25) is 6.29 Å². The molecule has 2 aliphatic rings. The first-order valence-electron chi connectivity index (χ1n) is 8.45. The third kappa shape index (κ3) is 3.44. The van der Waals surface area contributed by atoms with E-state index in [4.69, 9.17) is 9.26 Å². The average molecular weight is 318 g/mol. The van der Waals surface area contributed by atoms with Crippen LogP contribution in [0.25, 0.3) is 0 Å². The molecule has 22 heavy (non-hydrogen) atoms. The van der Waals surface area contributed by atoms with E-state index in [-0.39, 0.29) is 11.7 Å². The first-order valence-corrected chi connectivity index (χ1v) is 11.9. The summed E-state index contributed by atoms with van der Waals surface area (Å²) in [6.45, 7) is 6.68. The van der Waals surface area contributed by atoms with Gasteiger partial charge in [-0.1, -0.05) is 54.8 Å². The lowest BCUT2D eigenvalue weighted by Gasteiger charge is -2.46. The minimum atomic E-state index is -1.65. The summed E-state index contributed by atoms with van der Waals surface area (Å²) in [5.74, 6) is 0. The average Bonchev–Trinajstić information content (AvgIpc) is 2.50. The molecule has 1 aliphatic heterocycles. The topological polar surface area (TPSA) is 30.8 Å². The number of hydrogen-bond acceptors (Lipinski definition) is 3. The van der Waals surface area contributed by atoms with Crippen molar-refractivity contribution < 1.29 is 9.26 Å². The first-order chi connectivity index (χ1) is 10.5. The van der Waals surface area contributed by atoms with E-state index in [2.05, 4.69) is 49.1 Å². The van der Waals surface area contributed by atoms with Gasteiger partial charge in [0.05, 0.1) is 5.71 Å². The number of hydrogen-bond donors (Lipinski definition) is 0. The van der Waals surface area contributed by atoms with E-state index in [1.165, 1.54) is 37.7 Å². The van der Waals surface area contributed by atoms with Crippen LogP contribution in [0.1, 0.15) is 44.1 Å². The van der Waals surface area contributed by atoms with Crippen LogP contribution in [-0.2, 0) is 9.26 Å². The van der Waals surface area contributed by atoms with E-state index in [0.717, 1.165) is 12.1 Å². The Morgan fingerprint density at radius 3 is 2.41 bits per heavy atom. The van der Waals surface area contributed by atoms with Crippen molar-refractivity contribution in [3.63, 3.8) is 0 Å². The molecule has 0 radical (unpaired) electrons. The van der Waals surface area contributed by atoms with Crippen molar-refractivity contribution in [3.05, 3.63) is 35.9 Å². The molecule has 120 valence electrons. The SMILES string of the molecule is C[Si](C)(C)OC1ON=C(c2ccccc2)CC12CCCCC2. The van der Waals surface area contributed by atoms with E-state index in [1.54, 1.807) is 0 Å². The molecule has 1 aromatic rings. The summed E-state index contributed by atoms with van der Waals surface area (Å²) in [5, 5.41) is 4.43. The molecule has 0 saturated heterocycles. The molecule has 0 amide bonds. The largest absolute Gasteiger partial charge is 0.382 e. The van der Waals surface area contributed by atoms with Gasteiger partial charge in [0, 0.05) is 11.8 Å². The Kier molecular flexibility index (Phi) is 4.41. The van der Waals surface area contributed by atoms with Crippen LogP contribution in [0.2, 0.25) is 19.6 Å². The summed E-state index contributed by atoms with van der Waals surface area (Å²) in [4.78, 5) is 5.91. The zero-order chi connectivity index (χ0) is 15.6. The normalized spacial score (nSPS) is 24.7. The van der Waals surface area contributed by atoms with Gasteiger partial charge in [-0.25, -0.2) is 0 Å². The first kappa shape index (κ1) is 15.8. The summed E-state index contributed by atoms with van der Waals surface area (Å²) < 4.78 is 6.37. The second-order valence-electron chi connectivity index (χ2n) is 7.67. The monoisotopic (exact) mass is 317 g/mol. The Bertz CT molecular complexity index is 530. The molecule has 1 aliphatic carbocycles. The predicted octanol–water partition coefficient (Wildman–Crippen LogP) is 4.94. The standard InChI is InChI=1S/C18H27NO2Si/c1-22(2,3)21-17-18(12-8-5-9-13-18)14-16(19-20-17)15-10-6-4-7-11-15/h4,6-7,10-11,17H,5,8-9,12-14H2,1-3H3. The Morgan fingerprint density at radius 1 is 1.09 bits per heavy atom. The fourth-order valence-corrected chi connectivity index (χ4v) is 4.53. The fourth-order valence-electron chi connectivity index (χ4n) is 3.59. The van der Waals surface area contributed by atoms with Gasteiger partial charge in [-0.3, -0.25) is 0 Å². The predicted molar refractivity (Wildman–Crippen MR) is 92.4 cm³/mol. The van der Waals surface area contributed by atoms with Crippen LogP contribution in [0.5, 0.6) is 0 Å². The molecule has 1 heterocycles. The molecule has 3 nitrogen and oxygen atoms in total. The van der Waals surface area contributed by atoms with E-state index in [0.29, 0.717) is 0 Å². The van der Waals surface area contributed by atoms with Crippen molar-refractivity contribution >= 4 is 14.0 Å². The van der Waals surface area contributed by atoms with Gasteiger partial charge >= 0.3 is 0 Å². The maximum Gasteiger partial charge on any atom is 0.223 e. The van der Waals surface area contributed by atoms with Crippen molar-refractivity contribution in [2.24, 2.45) is 10.6 Å². The molecule has 1 spiro atoms. The molecule has 1 fully saturated rings. The third-order valence-electron chi connectivity index (χ3n) is 4.70. The highest BCUT2D eigenvalue weighted by molar-refractivity contribution is 6.69. The van der Waals surface area contributed by atoms with Crippen molar-refractivity contribution in [3.8, 4) is 0 Å². The van der Waals surface area contributed by atoms with Gasteiger partial charge in [0.15, 0.2) is 8.32 Å². The van der Waals surface area contributed by atoms with Crippen molar-refractivity contribution in [1.82, 2.24) is 0 Å². The van der Waals surface area contributed by atoms with E-state index in [1.807, 2.05) is 6.07 Å². The van der Waals surface area contributed by atoms with Crippen LogP contribution < -0.4 is 0 Å². The Labute approximate surface area is 134 Å². The quantitative estimate of drug-likeness (QED) is 0.739. The Balaban J connectivity index is 1.87. The number of benzene rings is 1. The van der Waals surface area contributed by atoms with Crippen LogP contribution in [0.3, 0.4) is 0 Å². The maximum absolute atomic E-state index is 6.37. The fraction of sp³-hybridized carbons (Fsp3) is 0.611. The molecular formula is C18H27NO2Si. The van der Waals surface area contributed by atoms with E-state index in [9.17, 15) is 0 Å². The molecular weight excluding hydrogens is 290 g/mol. The van der Waals surface area contributed by atoms with Crippen molar-refractivity contribution in [2.45, 2.75) is 64.5 Å². The third-order valence-corrected chi connectivity index (χ3v) is 5.62. The van der Waals surface area contributed by atoms with Gasteiger partial charge in [0.1, 0.15) is 0 Å². The van der Waals surface area contributed by atoms with Crippen LogP contribution >= 0.6 is 0 Å². The summed E-state index contributed by atoms with van der Waals surface area (Å²) >= 11 is 0. The van der Waals surface area contributed by atoms with Crippen LogP contribution in [0.4, 0.5) is 0 Å². The lowest BCUT2D eigenvalue weighted by Crippen LogP contribution is -2.48. The van der Waals surface area contributed by atoms with Gasteiger partial charge in [0.25, 0.3) is 0 Å². The number of oxime groups is 1. The molecule has 4 heteroatoms. The zero-order valence-electron chi connectivity index (χ0n) is 14.0. The Morgan fingerprint density at radius 2 is 1.77 bits per heavy atom. The molecule has 1 saturated carbocycles. The smallest absolute Gasteiger partial charge is 0.223 e. The van der Waals surface area contributed by atoms with Crippen LogP contribution in [0.15, 0.2) is 35.5 Å². The minimum absolute atomic E-state index is 0.117. The van der Waals surface area contributed by atoms with Gasteiger partial charge in [-0.05, 0) is 38.0 Å². The van der Waals surface area contributed by atoms with Crippen LogP contribution in [0, 0.1) is 5.41 Å². The maximum atomic E-state index is 6.37. The molecule has 0 bridgehead atoms. The summed E-state index contributed by atoms with van der Waals surface area (Å²) in [6.07, 6.45) is 7.08. The van der Waals surface area contributed by atoms with Crippen molar-refractivity contribution in [2.75, 3.05) is 0 Å². The second-order valence-corrected chi connectivity index (χ2v) is 12.1. The molecule has 1 aromatic carbocycles. The molecule has 3 rings (SSSR count). The van der Waals surface area contributed by atoms with E-state index < -0.39 is 8.32 Å². The zero-order valence-corrected chi connectivity index (χ0v) is 15.0. The second kappa shape index (κ2) is 6.17. The highest BCUT2D eigenvalue weighted by atomic mass is 28.4. The summed E-state index contributed by atoms with van der Waals surface area (Å²) in [5.41, 5.74) is 2.38. The lowest BCUT2D eigenvalue weighted by molar-refractivity contribution is -0.181. The summed E-state index contributed by atoms with van der Waals surface area (Å²) in [7, 11) is -1.65. The lowest BCUT2D eigenvalue weighted by atomic mass is 9.69. The van der Waals surface area contributed by atoms with Gasteiger partial charge < -0.3 is 9.26 Å². The molecule has 0 N–H and O–H groups in total. The molecule has 1 unspecified atom stereocenters. The minimum Gasteiger partial charge on any atom is -0.382 e. The van der Waals surface area contributed by atoms with E-state index >= 15 is 0 Å². The van der Waals surface area contributed by atoms with Crippen LogP contribution in [-0.4, -0.2) is 20.3 Å². The highest BCUT2D eigenvalue weighted by Crippen LogP contribution is 2.47. The molecule has 0 aromatic heterocycles.